The number of hydrogen-bond acceptors (Lipinski definition) is 1. The van der Waals surface area contributed by atoms with Gasteiger partial charge in [0.25, 0.3) is 0 Å². The minimum Gasteiger partial charge on any atom is -0.497 e. The maximum Gasteiger partial charge on any atom is 0.128 e. The highest BCUT2D eigenvalue weighted by atomic mass is 19.1. The molecule has 1 nitrogen and oxygen atoms in total. The smallest absolute Gasteiger partial charge is 0.128 e. The maximum absolute atomic E-state index is 12.6. The molecule has 1 rings (SSSR count). The van der Waals surface area contributed by atoms with Gasteiger partial charge in [-0.3, -0.25) is 0 Å². The van der Waals surface area contributed by atoms with Crippen LogP contribution in [-0.2, 0) is 0 Å². The molecule has 0 N–H and O–H groups in total. The van der Waals surface area contributed by atoms with Crippen LogP contribution < -0.4 is 4.74 Å². The average Bonchev–Trinajstić information content (AvgIpc) is 2.03. The molecule has 56 valence electrons. The van der Waals surface area contributed by atoms with E-state index in [1.54, 1.807) is 6.07 Å². The molecule has 0 amide bonds. The summed E-state index contributed by atoms with van der Waals surface area (Å²) in [6.07, 6.45) is 5.07. The van der Waals surface area contributed by atoms with Crippen molar-refractivity contribution in [1.29, 1.82) is 0 Å². The van der Waals surface area contributed by atoms with Gasteiger partial charge < -0.3 is 4.74 Å². The standard InChI is InChI=1S/C9H7FO/c1-3-7-4-8(10)6-9(5-7)11-2/h1,4-6H,2H3. The number of halogens is 1. The van der Waals surface area contributed by atoms with E-state index in [1.165, 1.54) is 19.2 Å². The van der Waals surface area contributed by atoms with Crippen molar-refractivity contribution in [2.75, 3.05) is 7.11 Å². The molecule has 0 radical (unpaired) electrons. The number of terminal acetylenes is 1. The van der Waals surface area contributed by atoms with Crippen molar-refractivity contribution in [3.63, 3.8) is 0 Å². The monoisotopic (exact) mass is 150 g/mol. The van der Waals surface area contributed by atoms with Crippen LogP contribution in [0.2, 0.25) is 0 Å². The Morgan fingerprint density at radius 1 is 1.45 bits per heavy atom. The zero-order chi connectivity index (χ0) is 8.27. The zero-order valence-corrected chi connectivity index (χ0v) is 6.10. The highest BCUT2D eigenvalue weighted by Crippen LogP contribution is 2.14. The van der Waals surface area contributed by atoms with Crippen LogP contribution in [0.1, 0.15) is 5.56 Å². The second-order valence-corrected chi connectivity index (χ2v) is 2.02. The number of methoxy groups -OCH3 is 1. The van der Waals surface area contributed by atoms with E-state index in [9.17, 15) is 4.39 Å². The fourth-order valence-electron chi connectivity index (χ4n) is 0.764. The van der Waals surface area contributed by atoms with E-state index in [4.69, 9.17) is 11.2 Å². The number of hydrogen-bond donors (Lipinski definition) is 0. The first kappa shape index (κ1) is 7.62. The van der Waals surface area contributed by atoms with E-state index in [0.717, 1.165) is 0 Å². The molecule has 0 aliphatic heterocycles. The second-order valence-electron chi connectivity index (χ2n) is 2.02. The number of ether oxygens (including phenoxy) is 1. The first-order valence-electron chi connectivity index (χ1n) is 3.07. The largest absolute Gasteiger partial charge is 0.497 e. The lowest BCUT2D eigenvalue weighted by Crippen LogP contribution is -1.85. The van der Waals surface area contributed by atoms with Crippen LogP contribution in [0.5, 0.6) is 5.75 Å². The van der Waals surface area contributed by atoms with Crippen molar-refractivity contribution in [2.45, 2.75) is 0 Å². The molecule has 1 aromatic rings. The predicted octanol–water partition coefficient (Wildman–Crippen LogP) is 1.82. The average molecular weight is 150 g/mol. The molecule has 0 saturated carbocycles. The second kappa shape index (κ2) is 3.07. The van der Waals surface area contributed by atoms with Crippen molar-refractivity contribution in [3.8, 4) is 18.1 Å². The molecule has 0 aromatic heterocycles. The molecule has 0 aliphatic rings. The SMILES string of the molecule is C#Cc1cc(F)cc(OC)c1. The Morgan fingerprint density at radius 2 is 2.18 bits per heavy atom. The van der Waals surface area contributed by atoms with Crippen molar-refractivity contribution in [3.05, 3.63) is 29.6 Å². The fraction of sp³-hybridized carbons (Fsp3) is 0.111. The molecular weight excluding hydrogens is 143 g/mol. The Hall–Kier alpha value is -1.49. The van der Waals surface area contributed by atoms with Gasteiger partial charge in [-0.1, -0.05) is 5.92 Å². The number of rotatable bonds is 1. The lowest BCUT2D eigenvalue weighted by Gasteiger charge is -1.99. The Bertz CT molecular complexity index is 299. The Balaban J connectivity index is 3.15. The summed E-state index contributed by atoms with van der Waals surface area (Å²) in [6, 6.07) is 4.16. The molecular formula is C9H7FO. The molecule has 0 saturated heterocycles. The van der Waals surface area contributed by atoms with Gasteiger partial charge in [0.2, 0.25) is 0 Å². The van der Waals surface area contributed by atoms with Gasteiger partial charge in [-0.2, -0.15) is 0 Å². The molecule has 1 aromatic carbocycles. The summed E-state index contributed by atoms with van der Waals surface area (Å²) < 4.78 is 17.4. The molecule has 0 atom stereocenters. The van der Waals surface area contributed by atoms with Gasteiger partial charge in [-0.15, -0.1) is 6.42 Å². The topological polar surface area (TPSA) is 9.23 Å². The maximum atomic E-state index is 12.6. The van der Waals surface area contributed by atoms with Gasteiger partial charge in [0.15, 0.2) is 0 Å². The van der Waals surface area contributed by atoms with Gasteiger partial charge in [0, 0.05) is 11.6 Å². The third-order valence-electron chi connectivity index (χ3n) is 1.27. The normalized spacial score (nSPS) is 8.82. The summed E-state index contributed by atoms with van der Waals surface area (Å²) in [4.78, 5) is 0. The van der Waals surface area contributed by atoms with Crippen LogP contribution in [0.15, 0.2) is 18.2 Å². The summed E-state index contributed by atoms with van der Waals surface area (Å²) in [5, 5.41) is 0. The van der Waals surface area contributed by atoms with Crippen molar-refractivity contribution >= 4 is 0 Å². The van der Waals surface area contributed by atoms with Crippen molar-refractivity contribution in [2.24, 2.45) is 0 Å². The molecule has 11 heavy (non-hydrogen) atoms. The van der Waals surface area contributed by atoms with Gasteiger partial charge in [-0.05, 0) is 12.1 Å². The van der Waals surface area contributed by atoms with Crippen LogP contribution in [0, 0.1) is 18.2 Å². The summed E-state index contributed by atoms with van der Waals surface area (Å²) in [7, 11) is 1.47. The van der Waals surface area contributed by atoms with Gasteiger partial charge in [-0.25, -0.2) is 4.39 Å². The van der Waals surface area contributed by atoms with Gasteiger partial charge in [0.1, 0.15) is 11.6 Å². The first-order valence-corrected chi connectivity index (χ1v) is 3.07. The summed E-state index contributed by atoms with van der Waals surface area (Å²) in [5.74, 6) is 2.39. The van der Waals surface area contributed by atoms with E-state index in [1.807, 2.05) is 0 Å². The molecule has 0 aliphatic carbocycles. The third kappa shape index (κ3) is 1.71. The number of benzene rings is 1. The third-order valence-corrected chi connectivity index (χ3v) is 1.27. The Kier molecular flexibility index (Phi) is 2.12. The van der Waals surface area contributed by atoms with Crippen molar-refractivity contribution in [1.82, 2.24) is 0 Å². The fourth-order valence-corrected chi connectivity index (χ4v) is 0.764. The lowest BCUT2D eigenvalue weighted by molar-refractivity contribution is 0.411. The van der Waals surface area contributed by atoms with E-state index in [2.05, 4.69) is 5.92 Å². The van der Waals surface area contributed by atoms with E-state index < -0.39 is 0 Å². The van der Waals surface area contributed by atoms with E-state index in [0.29, 0.717) is 11.3 Å². The first-order chi connectivity index (χ1) is 5.26. The van der Waals surface area contributed by atoms with E-state index in [-0.39, 0.29) is 5.82 Å². The molecule has 0 spiro atoms. The van der Waals surface area contributed by atoms with Gasteiger partial charge in [0.05, 0.1) is 7.11 Å². The highest BCUT2D eigenvalue weighted by Gasteiger charge is 1.97. The summed E-state index contributed by atoms with van der Waals surface area (Å²) in [6.45, 7) is 0. The van der Waals surface area contributed by atoms with E-state index >= 15 is 0 Å². The van der Waals surface area contributed by atoms with Crippen LogP contribution in [0.4, 0.5) is 4.39 Å². The quantitative estimate of drug-likeness (QED) is 0.555. The highest BCUT2D eigenvalue weighted by molar-refractivity contribution is 5.38. The summed E-state index contributed by atoms with van der Waals surface area (Å²) >= 11 is 0. The van der Waals surface area contributed by atoms with Crippen LogP contribution in [0.25, 0.3) is 0 Å². The minimum atomic E-state index is -0.377. The van der Waals surface area contributed by atoms with Crippen LogP contribution >= 0.6 is 0 Å². The van der Waals surface area contributed by atoms with Crippen LogP contribution in [0.3, 0.4) is 0 Å². The molecule has 0 heterocycles. The Morgan fingerprint density at radius 3 is 2.73 bits per heavy atom. The molecule has 0 fully saturated rings. The predicted molar refractivity (Wildman–Crippen MR) is 40.9 cm³/mol. The Labute approximate surface area is 64.8 Å². The van der Waals surface area contributed by atoms with Gasteiger partial charge >= 0.3 is 0 Å². The zero-order valence-electron chi connectivity index (χ0n) is 6.10. The lowest BCUT2D eigenvalue weighted by atomic mass is 10.2. The molecule has 0 bridgehead atoms. The molecule has 2 heteroatoms. The van der Waals surface area contributed by atoms with Crippen molar-refractivity contribution < 1.29 is 9.13 Å². The van der Waals surface area contributed by atoms with Crippen LogP contribution in [-0.4, -0.2) is 7.11 Å². The minimum absolute atomic E-state index is 0.377. The summed E-state index contributed by atoms with van der Waals surface area (Å²) in [5.41, 5.74) is 0.488. The molecule has 0 unspecified atom stereocenters.